The van der Waals surface area contributed by atoms with E-state index in [2.05, 4.69) is 10.3 Å². The average Bonchev–Trinajstić information content (AvgIpc) is 2.69. The molecule has 0 aliphatic carbocycles. The standard InChI is InChI=1S/C12H13ClN2O3/c13-5-3-11(16)14-6-4-8-1-2-9-10(7-8)18-12(17)15-9/h1-2,7H,3-6H2,(H,14,16)(H,15,17). The fourth-order valence-electron chi connectivity index (χ4n) is 1.67. The van der Waals surface area contributed by atoms with E-state index in [1.165, 1.54) is 0 Å². The number of alkyl halides is 1. The molecule has 0 saturated carbocycles. The number of aromatic nitrogens is 1. The highest BCUT2D eigenvalue weighted by Crippen LogP contribution is 2.12. The Bertz CT molecular complexity index is 603. The van der Waals surface area contributed by atoms with Gasteiger partial charge in [0.15, 0.2) is 5.58 Å². The molecule has 96 valence electrons. The third-order valence-corrected chi connectivity index (χ3v) is 2.73. The van der Waals surface area contributed by atoms with Crippen molar-refractivity contribution in [3.05, 3.63) is 34.3 Å². The summed E-state index contributed by atoms with van der Waals surface area (Å²) in [7, 11) is 0. The first kappa shape index (κ1) is 12.7. The Morgan fingerprint density at radius 2 is 2.28 bits per heavy atom. The molecule has 6 heteroatoms. The lowest BCUT2D eigenvalue weighted by Crippen LogP contribution is -2.25. The van der Waals surface area contributed by atoms with Crippen LogP contribution in [-0.4, -0.2) is 23.3 Å². The number of fused-ring (bicyclic) bond motifs is 1. The number of hydrogen-bond acceptors (Lipinski definition) is 3. The van der Waals surface area contributed by atoms with E-state index < -0.39 is 5.76 Å². The van der Waals surface area contributed by atoms with E-state index in [0.717, 1.165) is 5.56 Å². The fourth-order valence-corrected chi connectivity index (χ4v) is 1.84. The van der Waals surface area contributed by atoms with Crippen LogP contribution in [0.15, 0.2) is 27.4 Å². The predicted molar refractivity (Wildman–Crippen MR) is 68.9 cm³/mol. The molecule has 1 aromatic carbocycles. The van der Waals surface area contributed by atoms with Gasteiger partial charge in [-0.15, -0.1) is 11.6 Å². The lowest BCUT2D eigenvalue weighted by atomic mass is 10.1. The zero-order chi connectivity index (χ0) is 13.0. The van der Waals surface area contributed by atoms with E-state index in [1.54, 1.807) is 12.1 Å². The number of hydrogen-bond donors (Lipinski definition) is 2. The van der Waals surface area contributed by atoms with Gasteiger partial charge in [0.05, 0.1) is 5.52 Å². The van der Waals surface area contributed by atoms with Gasteiger partial charge in [-0.05, 0) is 24.1 Å². The summed E-state index contributed by atoms with van der Waals surface area (Å²) in [5.41, 5.74) is 2.20. The summed E-state index contributed by atoms with van der Waals surface area (Å²) < 4.78 is 4.96. The number of amides is 1. The smallest absolute Gasteiger partial charge is 0.408 e. The summed E-state index contributed by atoms with van der Waals surface area (Å²) in [5, 5.41) is 2.76. The summed E-state index contributed by atoms with van der Waals surface area (Å²) in [5.74, 6) is -0.191. The summed E-state index contributed by atoms with van der Waals surface area (Å²) in [6, 6.07) is 5.47. The molecule has 2 N–H and O–H groups in total. The van der Waals surface area contributed by atoms with Gasteiger partial charge in [0.1, 0.15) is 0 Å². The third kappa shape index (κ3) is 3.13. The van der Waals surface area contributed by atoms with Crippen LogP contribution in [0.2, 0.25) is 0 Å². The van der Waals surface area contributed by atoms with Gasteiger partial charge in [0.25, 0.3) is 0 Å². The van der Waals surface area contributed by atoms with Gasteiger partial charge in [-0.25, -0.2) is 4.79 Å². The Kier molecular flexibility index (Phi) is 4.04. The highest BCUT2D eigenvalue weighted by Gasteiger charge is 2.03. The molecule has 0 aliphatic heterocycles. The van der Waals surface area contributed by atoms with E-state index in [9.17, 15) is 9.59 Å². The van der Waals surface area contributed by atoms with Gasteiger partial charge in [-0.1, -0.05) is 6.07 Å². The monoisotopic (exact) mass is 268 g/mol. The minimum Gasteiger partial charge on any atom is -0.408 e. The van der Waals surface area contributed by atoms with Gasteiger partial charge in [0, 0.05) is 18.8 Å². The van der Waals surface area contributed by atoms with E-state index >= 15 is 0 Å². The average molecular weight is 269 g/mol. The van der Waals surface area contributed by atoms with Gasteiger partial charge in [-0.2, -0.15) is 0 Å². The van der Waals surface area contributed by atoms with Crippen LogP contribution in [0.3, 0.4) is 0 Å². The van der Waals surface area contributed by atoms with Crippen LogP contribution in [0.4, 0.5) is 0 Å². The second kappa shape index (κ2) is 5.73. The minimum atomic E-state index is -0.461. The van der Waals surface area contributed by atoms with Crippen LogP contribution < -0.4 is 11.1 Å². The fraction of sp³-hybridized carbons (Fsp3) is 0.333. The zero-order valence-corrected chi connectivity index (χ0v) is 10.4. The molecule has 0 radical (unpaired) electrons. The maximum absolute atomic E-state index is 11.2. The van der Waals surface area contributed by atoms with Gasteiger partial charge < -0.3 is 9.73 Å². The Morgan fingerprint density at radius 1 is 1.44 bits per heavy atom. The molecule has 1 heterocycles. The van der Waals surface area contributed by atoms with Crippen LogP contribution in [0.25, 0.3) is 11.1 Å². The highest BCUT2D eigenvalue weighted by molar-refractivity contribution is 6.18. The number of halogens is 1. The van der Waals surface area contributed by atoms with Crippen LogP contribution in [0, 0.1) is 0 Å². The molecule has 0 atom stereocenters. The molecule has 0 fully saturated rings. The Morgan fingerprint density at radius 3 is 3.06 bits per heavy atom. The first-order chi connectivity index (χ1) is 8.69. The molecule has 0 aliphatic rings. The molecule has 0 saturated heterocycles. The molecule has 5 nitrogen and oxygen atoms in total. The summed E-state index contributed by atoms with van der Waals surface area (Å²) >= 11 is 5.45. The topological polar surface area (TPSA) is 75.1 Å². The highest BCUT2D eigenvalue weighted by atomic mass is 35.5. The maximum atomic E-state index is 11.2. The molecule has 1 aromatic heterocycles. The molecular formula is C12H13ClN2O3. The van der Waals surface area contributed by atoms with Crippen molar-refractivity contribution in [1.29, 1.82) is 0 Å². The van der Waals surface area contributed by atoms with Crippen LogP contribution in [0.5, 0.6) is 0 Å². The molecule has 2 aromatic rings. The lowest BCUT2D eigenvalue weighted by Gasteiger charge is -2.03. The molecular weight excluding hydrogens is 256 g/mol. The van der Waals surface area contributed by atoms with Crippen molar-refractivity contribution in [2.75, 3.05) is 12.4 Å². The summed E-state index contributed by atoms with van der Waals surface area (Å²) in [6.45, 7) is 0.538. The van der Waals surface area contributed by atoms with E-state index in [4.69, 9.17) is 16.0 Å². The van der Waals surface area contributed by atoms with Crippen molar-refractivity contribution < 1.29 is 9.21 Å². The van der Waals surface area contributed by atoms with Gasteiger partial charge in [0.2, 0.25) is 5.91 Å². The van der Waals surface area contributed by atoms with Gasteiger partial charge in [-0.3, -0.25) is 9.78 Å². The minimum absolute atomic E-state index is 0.0562. The molecule has 18 heavy (non-hydrogen) atoms. The maximum Gasteiger partial charge on any atom is 0.417 e. The van der Waals surface area contributed by atoms with Crippen molar-refractivity contribution in [3.8, 4) is 0 Å². The van der Waals surface area contributed by atoms with Crippen LogP contribution in [-0.2, 0) is 11.2 Å². The molecule has 1 amide bonds. The zero-order valence-electron chi connectivity index (χ0n) is 9.66. The van der Waals surface area contributed by atoms with Crippen molar-refractivity contribution >= 4 is 28.6 Å². The molecule has 2 rings (SSSR count). The summed E-state index contributed by atoms with van der Waals surface area (Å²) in [4.78, 5) is 24.7. The number of rotatable bonds is 5. The molecule has 0 unspecified atom stereocenters. The predicted octanol–water partition coefficient (Wildman–Crippen LogP) is 1.41. The van der Waals surface area contributed by atoms with Crippen LogP contribution in [0.1, 0.15) is 12.0 Å². The van der Waals surface area contributed by atoms with Crippen molar-refractivity contribution in [1.82, 2.24) is 10.3 Å². The lowest BCUT2D eigenvalue weighted by molar-refractivity contribution is -0.120. The van der Waals surface area contributed by atoms with Gasteiger partial charge >= 0.3 is 5.76 Å². The largest absolute Gasteiger partial charge is 0.417 e. The van der Waals surface area contributed by atoms with Crippen molar-refractivity contribution in [2.24, 2.45) is 0 Å². The quantitative estimate of drug-likeness (QED) is 0.805. The SMILES string of the molecule is O=C(CCCl)NCCc1ccc2[nH]c(=O)oc2c1. The third-order valence-electron chi connectivity index (χ3n) is 2.54. The number of aromatic amines is 1. The Balaban J connectivity index is 1.95. The van der Waals surface area contributed by atoms with E-state index in [1.807, 2.05) is 6.07 Å². The first-order valence-electron chi connectivity index (χ1n) is 5.63. The normalized spacial score (nSPS) is 10.7. The van der Waals surface area contributed by atoms with E-state index in [0.29, 0.717) is 36.4 Å². The number of nitrogens with one attached hydrogen (secondary N) is 2. The Labute approximate surface area is 108 Å². The number of H-pyrrole nitrogens is 1. The number of benzene rings is 1. The molecule has 0 bridgehead atoms. The number of oxazole rings is 1. The number of carbonyl (C=O) groups excluding carboxylic acids is 1. The second-order valence-electron chi connectivity index (χ2n) is 3.88. The Hall–Kier alpha value is -1.75. The first-order valence-corrected chi connectivity index (χ1v) is 6.17. The van der Waals surface area contributed by atoms with Crippen molar-refractivity contribution in [3.63, 3.8) is 0 Å². The number of carbonyl (C=O) groups is 1. The van der Waals surface area contributed by atoms with Crippen LogP contribution >= 0.6 is 11.6 Å². The van der Waals surface area contributed by atoms with E-state index in [-0.39, 0.29) is 5.91 Å². The second-order valence-corrected chi connectivity index (χ2v) is 4.26. The molecule has 0 spiro atoms. The summed E-state index contributed by atoms with van der Waals surface area (Å²) in [6.07, 6.45) is 1.01. The van der Waals surface area contributed by atoms with Crippen molar-refractivity contribution in [2.45, 2.75) is 12.8 Å².